The van der Waals surface area contributed by atoms with Crippen LogP contribution in [0.1, 0.15) is 49.1 Å². The number of hydrogen-bond donors (Lipinski definition) is 2. The standard InChI is InChI=1S/C27H30N2O5/c30-25(29-14-6-7-17(15-29)26(31)32)22-12-5-13-24(22)28-27(33)34-16-23-20-10-3-1-8-18(20)19-9-2-4-11-21(19)23/h1-4,8-11,17,22-24H,5-7,12-16H2,(H,28,33)(H,31,32)/t17-,22?,24?/m1/s1. The van der Waals surface area contributed by atoms with E-state index in [1.807, 2.05) is 24.3 Å². The van der Waals surface area contributed by atoms with Crippen LogP contribution in [0.15, 0.2) is 48.5 Å². The van der Waals surface area contributed by atoms with E-state index in [-0.39, 0.29) is 36.9 Å². The Balaban J connectivity index is 1.20. The molecule has 2 N–H and O–H groups in total. The predicted octanol–water partition coefficient (Wildman–Crippen LogP) is 4.02. The molecule has 2 amide bonds. The first-order valence-corrected chi connectivity index (χ1v) is 12.2. The molecule has 178 valence electrons. The quantitative estimate of drug-likeness (QED) is 0.700. The Hall–Kier alpha value is -3.35. The molecule has 1 aliphatic heterocycles. The molecule has 7 heteroatoms. The van der Waals surface area contributed by atoms with Crippen molar-refractivity contribution in [1.82, 2.24) is 10.2 Å². The Kier molecular flexibility index (Phi) is 6.26. The third-order valence-electron chi connectivity index (χ3n) is 7.56. The minimum absolute atomic E-state index is 0.0135. The van der Waals surface area contributed by atoms with Crippen LogP contribution < -0.4 is 5.32 Å². The zero-order valence-corrected chi connectivity index (χ0v) is 19.1. The van der Waals surface area contributed by atoms with Crippen molar-refractivity contribution in [2.24, 2.45) is 11.8 Å². The summed E-state index contributed by atoms with van der Waals surface area (Å²) in [5.41, 5.74) is 4.66. The van der Waals surface area contributed by atoms with E-state index < -0.39 is 18.0 Å². The highest BCUT2D eigenvalue weighted by Crippen LogP contribution is 2.44. The van der Waals surface area contributed by atoms with Gasteiger partial charge in [-0.2, -0.15) is 0 Å². The number of carbonyl (C=O) groups excluding carboxylic acids is 2. The van der Waals surface area contributed by atoms with Crippen molar-refractivity contribution in [1.29, 1.82) is 0 Å². The zero-order chi connectivity index (χ0) is 23.7. The van der Waals surface area contributed by atoms with Crippen molar-refractivity contribution < 1.29 is 24.2 Å². The first-order valence-electron chi connectivity index (χ1n) is 12.2. The molecule has 34 heavy (non-hydrogen) atoms. The second-order valence-corrected chi connectivity index (χ2v) is 9.58. The second kappa shape index (κ2) is 9.49. The van der Waals surface area contributed by atoms with Crippen molar-refractivity contribution in [2.45, 2.75) is 44.1 Å². The summed E-state index contributed by atoms with van der Waals surface area (Å²) in [7, 11) is 0. The fourth-order valence-corrected chi connectivity index (χ4v) is 5.83. The van der Waals surface area contributed by atoms with E-state index >= 15 is 0 Å². The summed E-state index contributed by atoms with van der Waals surface area (Å²) in [6.07, 6.45) is 3.05. The minimum Gasteiger partial charge on any atom is -0.481 e. The maximum atomic E-state index is 13.1. The third-order valence-corrected chi connectivity index (χ3v) is 7.56. The molecule has 2 aromatic carbocycles. The van der Waals surface area contributed by atoms with Gasteiger partial charge >= 0.3 is 12.1 Å². The zero-order valence-electron chi connectivity index (χ0n) is 19.1. The topological polar surface area (TPSA) is 95.9 Å². The van der Waals surface area contributed by atoms with E-state index in [0.29, 0.717) is 25.8 Å². The minimum atomic E-state index is -0.850. The van der Waals surface area contributed by atoms with Gasteiger partial charge in [-0.3, -0.25) is 9.59 Å². The normalized spacial score (nSPS) is 23.8. The molecular formula is C27H30N2O5. The molecule has 0 aromatic heterocycles. The van der Waals surface area contributed by atoms with Crippen LogP contribution >= 0.6 is 0 Å². The highest BCUT2D eigenvalue weighted by Gasteiger charge is 2.39. The van der Waals surface area contributed by atoms with Gasteiger partial charge in [-0.15, -0.1) is 0 Å². The highest BCUT2D eigenvalue weighted by atomic mass is 16.5. The molecule has 0 radical (unpaired) electrons. The third kappa shape index (κ3) is 4.27. The predicted molar refractivity (Wildman–Crippen MR) is 126 cm³/mol. The van der Waals surface area contributed by atoms with Gasteiger partial charge in [0.1, 0.15) is 6.61 Å². The van der Waals surface area contributed by atoms with Crippen LogP contribution in [0.25, 0.3) is 11.1 Å². The lowest BCUT2D eigenvalue weighted by molar-refractivity contribution is -0.146. The van der Waals surface area contributed by atoms with E-state index in [4.69, 9.17) is 4.74 Å². The van der Waals surface area contributed by atoms with Gasteiger partial charge in [0.15, 0.2) is 0 Å². The van der Waals surface area contributed by atoms with Crippen LogP contribution in [0.5, 0.6) is 0 Å². The lowest BCUT2D eigenvalue weighted by atomic mass is 9.95. The molecular weight excluding hydrogens is 432 g/mol. The fraction of sp³-hybridized carbons (Fsp3) is 0.444. The first-order chi connectivity index (χ1) is 16.5. The van der Waals surface area contributed by atoms with Crippen LogP contribution in [0.3, 0.4) is 0 Å². The fourth-order valence-electron chi connectivity index (χ4n) is 5.83. The van der Waals surface area contributed by atoms with Gasteiger partial charge in [-0.05, 0) is 47.9 Å². The number of nitrogens with one attached hydrogen (secondary N) is 1. The number of ether oxygens (including phenoxy) is 1. The Bertz CT molecular complexity index is 1050. The van der Waals surface area contributed by atoms with Crippen molar-refractivity contribution in [3.63, 3.8) is 0 Å². The Morgan fingerprint density at radius 3 is 2.29 bits per heavy atom. The molecule has 0 spiro atoms. The molecule has 3 aliphatic rings. The molecule has 1 heterocycles. The van der Waals surface area contributed by atoms with Gasteiger partial charge in [0, 0.05) is 25.0 Å². The number of carbonyl (C=O) groups is 3. The molecule has 2 fully saturated rings. The van der Waals surface area contributed by atoms with E-state index in [0.717, 1.165) is 24.0 Å². The molecule has 0 bridgehead atoms. The number of carboxylic acid groups (broad SMARTS) is 1. The summed E-state index contributed by atoms with van der Waals surface area (Å²) < 4.78 is 5.67. The molecule has 1 saturated heterocycles. The number of rotatable bonds is 5. The highest BCUT2D eigenvalue weighted by molar-refractivity contribution is 5.82. The van der Waals surface area contributed by atoms with Crippen molar-refractivity contribution >= 4 is 18.0 Å². The van der Waals surface area contributed by atoms with Gasteiger partial charge in [0.25, 0.3) is 0 Å². The van der Waals surface area contributed by atoms with Gasteiger partial charge in [-0.25, -0.2) is 4.79 Å². The van der Waals surface area contributed by atoms with Crippen LogP contribution in [0.2, 0.25) is 0 Å². The molecule has 3 atom stereocenters. The van der Waals surface area contributed by atoms with E-state index in [9.17, 15) is 19.5 Å². The SMILES string of the molecule is O=C(NC1CCCC1C(=O)N1CCC[C@@H](C(=O)O)C1)OCC1c2ccccc2-c2ccccc21. The number of fused-ring (bicyclic) bond motifs is 3. The molecule has 7 nitrogen and oxygen atoms in total. The number of amides is 2. The Morgan fingerprint density at radius 1 is 0.941 bits per heavy atom. The van der Waals surface area contributed by atoms with Crippen molar-refractivity contribution in [3.05, 3.63) is 59.7 Å². The average Bonchev–Trinajstić information content (AvgIpc) is 3.44. The lowest BCUT2D eigenvalue weighted by Crippen LogP contribution is -2.49. The molecule has 1 saturated carbocycles. The van der Waals surface area contributed by atoms with Gasteiger partial charge in [-0.1, -0.05) is 55.0 Å². The largest absolute Gasteiger partial charge is 0.481 e. The Labute approximate surface area is 199 Å². The molecule has 2 unspecified atom stereocenters. The first kappa shape index (κ1) is 22.4. The number of benzene rings is 2. The van der Waals surface area contributed by atoms with Crippen molar-refractivity contribution in [2.75, 3.05) is 19.7 Å². The van der Waals surface area contributed by atoms with Crippen LogP contribution in [-0.4, -0.2) is 53.7 Å². The molecule has 5 rings (SSSR count). The molecule has 2 aliphatic carbocycles. The van der Waals surface area contributed by atoms with Gasteiger partial charge < -0.3 is 20.1 Å². The van der Waals surface area contributed by atoms with Crippen LogP contribution in [0, 0.1) is 11.8 Å². The van der Waals surface area contributed by atoms with Crippen molar-refractivity contribution in [3.8, 4) is 11.1 Å². The maximum Gasteiger partial charge on any atom is 0.407 e. The van der Waals surface area contributed by atoms with Gasteiger partial charge in [0.2, 0.25) is 5.91 Å². The number of alkyl carbamates (subject to hydrolysis) is 1. The van der Waals surface area contributed by atoms with E-state index in [1.54, 1.807) is 4.90 Å². The van der Waals surface area contributed by atoms with Crippen LogP contribution in [0.4, 0.5) is 4.79 Å². The Morgan fingerprint density at radius 2 is 1.62 bits per heavy atom. The summed E-state index contributed by atoms with van der Waals surface area (Å²) >= 11 is 0. The van der Waals surface area contributed by atoms with E-state index in [1.165, 1.54) is 11.1 Å². The number of likely N-dealkylation sites (tertiary alicyclic amines) is 1. The molecule has 2 aromatic rings. The van der Waals surface area contributed by atoms with Gasteiger partial charge in [0.05, 0.1) is 11.8 Å². The number of hydrogen-bond acceptors (Lipinski definition) is 4. The summed E-state index contributed by atoms with van der Waals surface area (Å²) in [6, 6.07) is 16.1. The number of carboxylic acids is 1. The van der Waals surface area contributed by atoms with Crippen LogP contribution in [-0.2, 0) is 14.3 Å². The second-order valence-electron chi connectivity index (χ2n) is 9.58. The van der Waals surface area contributed by atoms with E-state index in [2.05, 4.69) is 29.6 Å². The summed E-state index contributed by atoms with van der Waals surface area (Å²) in [4.78, 5) is 38.9. The maximum absolute atomic E-state index is 13.1. The lowest BCUT2D eigenvalue weighted by Gasteiger charge is -2.34. The smallest absolute Gasteiger partial charge is 0.407 e. The summed E-state index contributed by atoms with van der Waals surface area (Å²) in [6.45, 7) is 1.07. The number of aliphatic carboxylic acids is 1. The average molecular weight is 463 g/mol. The number of piperidine rings is 1. The number of nitrogens with zero attached hydrogens (tertiary/aromatic N) is 1. The summed E-state index contributed by atoms with van der Waals surface area (Å²) in [5, 5.41) is 12.3. The monoisotopic (exact) mass is 462 g/mol. The summed E-state index contributed by atoms with van der Waals surface area (Å²) in [5.74, 6) is -1.74.